The minimum Gasteiger partial charge on any atom is -0.391 e. The molecule has 23 heteroatoms. The van der Waals surface area contributed by atoms with Crippen molar-refractivity contribution in [2.45, 2.75) is 95.6 Å². The Hall–Kier alpha value is -0.199. The highest BCUT2D eigenvalue weighted by atomic mass is 31.2. The molecule has 0 fully saturated rings. The van der Waals surface area contributed by atoms with E-state index in [2.05, 4.69) is 18.4 Å². The highest BCUT2D eigenvalue weighted by molar-refractivity contribution is 7.52. The van der Waals surface area contributed by atoms with Crippen LogP contribution in [0.3, 0.4) is 0 Å². The second kappa shape index (κ2) is 10.9. The van der Waals surface area contributed by atoms with Crippen LogP contribution in [0.4, 0.5) is 52.7 Å². The van der Waals surface area contributed by atoms with Crippen molar-refractivity contribution in [3.05, 3.63) is 0 Å². The predicted octanol–water partition coefficient (Wildman–Crippen LogP) is 8.26. The minimum absolute atomic E-state index is 0.571. The largest absolute Gasteiger partial charge is 0.526 e. The van der Waals surface area contributed by atoms with Crippen molar-refractivity contribution < 1.29 is 84.1 Å². The predicted molar refractivity (Wildman–Crippen MR) is 114 cm³/mol. The molecule has 0 N–H and O–H groups in total. The summed E-state index contributed by atoms with van der Waals surface area (Å²) < 4.78 is 203. The first-order chi connectivity index (χ1) is 16.0. The molecule has 0 rings (SSSR count). The molecular weight excluding hydrogens is 635 g/mol. The lowest BCUT2D eigenvalue weighted by atomic mass is 9.99. The smallest absolute Gasteiger partial charge is 0.391 e. The highest BCUT2D eigenvalue weighted by Gasteiger charge is 2.89. The van der Waals surface area contributed by atoms with Gasteiger partial charge in [0.15, 0.2) is 25.0 Å². The number of phosphoric acid groups is 1. The molecule has 0 radical (unpaired) electrons. The van der Waals surface area contributed by atoms with Crippen LogP contribution < -0.4 is 0 Å². The van der Waals surface area contributed by atoms with Gasteiger partial charge in [-0.15, -0.1) is 26.3 Å². The molecule has 0 amide bonds. The lowest BCUT2D eigenvalue weighted by Crippen LogP contribution is -2.78. The zero-order valence-electron chi connectivity index (χ0n) is 21.3. The van der Waals surface area contributed by atoms with E-state index in [1.165, 1.54) is 0 Å². The third kappa shape index (κ3) is 11.0. The van der Waals surface area contributed by atoms with E-state index in [1.807, 2.05) is 0 Å². The fourth-order valence-corrected chi connectivity index (χ4v) is 10.5. The van der Waals surface area contributed by atoms with Crippen LogP contribution in [0, 0.1) is 0 Å². The maximum atomic E-state index is 14.3. The van der Waals surface area contributed by atoms with Crippen LogP contribution in [0.15, 0.2) is 0 Å². The Morgan fingerprint density at radius 2 is 0.816 bits per heavy atom. The number of halogens is 12. The van der Waals surface area contributed by atoms with Crippen LogP contribution in [0.1, 0.15) is 0 Å². The Labute approximate surface area is 213 Å². The van der Waals surface area contributed by atoms with Gasteiger partial charge in [-0.25, -0.2) is 18.6 Å². The van der Waals surface area contributed by atoms with E-state index < -0.39 is 69.4 Å². The third-order valence-electron chi connectivity index (χ3n) is 3.19. The fourth-order valence-electron chi connectivity index (χ4n) is 2.59. The van der Waals surface area contributed by atoms with Gasteiger partial charge >= 0.3 is 44.5 Å². The summed E-state index contributed by atoms with van der Waals surface area (Å²) in [6.45, 7) is 8.17. The zero-order chi connectivity index (χ0) is 31.2. The molecule has 0 bridgehead atoms. The van der Waals surface area contributed by atoms with Crippen molar-refractivity contribution in [2.24, 2.45) is 0 Å². The molecule has 0 aliphatic carbocycles. The summed E-state index contributed by atoms with van der Waals surface area (Å²) in [6.07, 6.45) is -28.0. The highest BCUT2D eigenvalue weighted by Crippen LogP contribution is 2.65. The van der Waals surface area contributed by atoms with E-state index in [-0.39, 0.29) is 0 Å². The van der Waals surface area contributed by atoms with Gasteiger partial charge in [0.25, 0.3) is 0 Å². The molecular formula is C15H27F12O7PSi3. The van der Waals surface area contributed by atoms with Crippen molar-refractivity contribution >= 4 is 32.8 Å². The van der Waals surface area contributed by atoms with E-state index in [1.54, 1.807) is 0 Å². The molecule has 230 valence electrons. The van der Waals surface area contributed by atoms with Crippen molar-refractivity contribution in [3.8, 4) is 0 Å². The summed E-state index contributed by atoms with van der Waals surface area (Å²) in [7, 11) is -17.9. The van der Waals surface area contributed by atoms with Crippen molar-refractivity contribution in [1.29, 1.82) is 0 Å². The number of hydrogen-bond donors (Lipinski definition) is 0. The van der Waals surface area contributed by atoms with E-state index in [4.69, 9.17) is 8.43 Å². The summed E-state index contributed by atoms with van der Waals surface area (Å²) in [4.78, 5) is 0. The van der Waals surface area contributed by atoms with Crippen LogP contribution in [0.25, 0.3) is 0 Å². The van der Waals surface area contributed by atoms with Crippen LogP contribution in [0.5, 0.6) is 0 Å². The summed E-state index contributed by atoms with van der Waals surface area (Å²) >= 11 is 0. The van der Waals surface area contributed by atoms with Crippen molar-refractivity contribution in [1.82, 2.24) is 0 Å². The van der Waals surface area contributed by atoms with Crippen LogP contribution >= 0.6 is 7.82 Å². The Morgan fingerprint density at radius 1 is 0.526 bits per heavy atom. The Kier molecular flexibility index (Phi) is 10.8. The normalized spacial score (nSPS) is 16.2. The molecule has 38 heavy (non-hydrogen) atoms. The number of alkyl halides is 12. The summed E-state index contributed by atoms with van der Waals surface area (Å²) in [6, 6.07) is 0. The van der Waals surface area contributed by atoms with E-state index in [0.717, 1.165) is 39.3 Å². The number of rotatable bonds is 11. The molecule has 7 nitrogen and oxygen atoms in total. The van der Waals surface area contributed by atoms with Gasteiger partial charge in [0.2, 0.25) is 0 Å². The van der Waals surface area contributed by atoms with E-state index >= 15 is 0 Å². The quantitative estimate of drug-likeness (QED) is 0.0955. The molecule has 0 saturated carbocycles. The number of ether oxygens (including phenoxy) is 2. The van der Waals surface area contributed by atoms with E-state index in [9.17, 15) is 57.3 Å². The van der Waals surface area contributed by atoms with Gasteiger partial charge in [0, 0.05) is 0 Å². The van der Waals surface area contributed by atoms with Crippen molar-refractivity contribution in [2.75, 3.05) is 0 Å². The maximum Gasteiger partial charge on any atom is 0.526 e. The van der Waals surface area contributed by atoms with E-state index in [0.29, 0.717) is 19.6 Å². The van der Waals surface area contributed by atoms with Crippen molar-refractivity contribution in [3.63, 3.8) is 0 Å². The molecule has 0 atom stereocenters. The monoisotopic (exact) mass is 662 g/mol. The van der Waals surface area contributed by atoms with Gasteiger partial charge in [0.05, 0.1) is 0 Å². The number of hydrogen-bond acceptors (Lipinski definition) is 7. The van der Waals surface area contributed by atoms with Gasteiger partial charge in [-0.1, -0.05) is 0 Å². The minimum atomic E-state index is -7.24. The molecule has 0 aromatic rings. The average Bonchev–Trinajstić information content (AvgIpc) is 2.40. The van der Waals surface area contributed by atoms with Gasteiger partial charge in [-0.2, -0.15) is 26.3 Å². The lowest BCUT2D eigenvalue weighted by Gasteiger charge is -2.51. The maximum absolute atomic E-state index is 14.3. The molecule has 0 heterocycles. The topological polar surface area (TPSA) is 72.5 Å². The second-order valence-electron chi connectivity index (χ2n) is 10.5. The molecule has 0 aromatic carbocycles. The Bertz CT molecular complexity index is 805. The molecule has 0 saturated heterocycles. The third-order valence-corrected chi connectivity index (χ3v) is 10.7. The zero-order valence-corrected chi connectivity index (χ0v) is 25.2. The first-order valence-electron chi connectivity index (χ1n) is 10.1. The molecule has 0 aliphatic heterocycles. The first-order valence-corrected chi connectivity index (χ1v) is 21.8. The summed E-state index contributed by atoms with van der Waals surface area (Å²) in [5.74, 6) is -6.48. The fraction of sp³-hybridized carbons (Fsp3) is 1.00. The first kappa shape index (κ1) is 37.8. The summed E-state index contributed by atoms with van der Waals surface area (Å²) in [5.41, 5.74) is -6.70. The second-order valence-corrected chi connectivity index (χ2v) is 25.9. The van der Waals surface area contributed by atoms with Gasteiger partial charge < -0.3 is 12.9 Å². The Balaban J connectivity index is 8.20. The lowest BCUT2D eigenvalue weighted by molar-refractivity contribution is -0.589. The van der Waals surface area contributed by atoms with Crippen LogP contribution in [-0.2, 0) is 31.4 Å². The Morgan fingerprint density at radius 3 is 1.00 bits per heavy atom. The molecule has 0 spiro atoms. The van der Waals surface area contributed by atoms with Gasteiger partial charge in [0.1, 0.15) is 0 Å². The average molecular weight is 663 g/mol. The molecule has 0 aliphatic rings. The molecule has 0 aromatic heterocycles. The van der Waals surface area contributed by atoms with Crippen LogP contribution in [0.2, 0.25) is 58.9 Å². The van der Waals surface area contributed by atoms with Crippen LogP contribution in [-0.4, -0.2) is 61.6 Å². The van der Waals surface area contributed by atoms with Gasteiger partial charge in [-0.05, 0) is 58.9 Å². The molecule has 0 unspecified atom stereocenters. The summed E-state index contributed by atoms with van der Waals surface area (Å²) in [5, 5.41) is 0. The SMILES string of the molecule is C[Si](C)(C)OC(C(F)(F)F)(C(F)(F)F)C(OC(F)(F)F)(OC(F)(F)F)OP(=O)(O[Si](C)(C)C)O[Si](C)(C)C. The standard InChI is InChI=1S/C15H27F12O7PSi3/c1-36(2,3)32-10(11(16,17)18,12(19,20)21)13(29-14(22,23)24,30-15(25,26)27)31-35(28,33-37(4,5)6)34-38(7,8)9/h1-9H3. The van der Waals surface area contributed by atoms with Gasteiger partial charge in [-0.3, -0.25) is 0 Å².